The molecule has 1 heterocycles. The minimum Gasteiger partial charge on any atom is -0.378 e. The molecule has 0 amide bonds. The molecular weight excluding hydrogens is 264 g/mol. The lowest BCUT2D eigenvalue weighted by molar-refractivity contribution is 0.953. The van der Waals surface area contributed by atoms with Crippen LogP contribution in [0, 0.1) is 0 Å². The molecule has 21 heavy (non-hydrogen) atoms. The highest BCUT2D eigenvalue weighted by molar-refractivity contribution is 5.62. The fourth-order valence-electron chi connectivity index (χ4n) is 1.84. The van der Waals surface area contributed by atoms with Gasteiger partial charge < -0.3 is 15.1 Å². The Morgan fingerprint density at radius 1 is 0.905 bits per heavy atom. The molecule has 2 rings (SSSR count). The summed E-state index contributed by atoms with van der Waals surface area (Å²) in [5.74, 6) is 1.92. The average Bonchev–Trinajstić information content (AvgIpc) is 2.47. The maximum Gasteiger partial charge on any atom is 0.230 e. The summed E-state index contributed by atoms with van der Waals surface area (Å²) in [6.07, 6.45) is 0. The number of anilines is 3. The summed E-state index contributed by atoms with van der Waals surface area (Å²) in [6.45, 7) is 2.79. The van der Waals surface area contributed by atoms with Crippen LogP contribution < -0.4 is 15.1 Å². The fraction of sp³-hybridized carbons (Fsp3) is 0.400. The van der Waals surface area contributed by atoms with Crippen molar-refractivity contribution in [1.29, 1.82) is 0 Å². The highest BCUT2D eigenvalue weighted by Gasteiger charge is 2.09. The number of benzene rings is 1. The third-order valence-corrected chi connectivity index (χ3v) is 3.00. The van der Waals surface area contributed by atoms with Gasteiger partial charge in [0, 0.05) is 46.0 Å². The van der Waals surface area contributed by atoms with Crippen molar-refractivity contribution in [3.63, 3.8) is 0 Å². The molecule has 0 atom stereocenters. The van der Waals surface area contributed by atoms with E-state index in [4.69, 9.17) is 0 Å². The van der Waals surface area contributed by atoms with Crippen molar-refractivity contribution < 1.29 is 0 Å². The third-order valence-electron chi connectivity index (χ3n) is 3.00. The summed E-state index contributed by atoms with van der Waals surface area (Å²) >= 11 is 0. The molecule has 0 bridgehead atoms. The molecule has 2 aromatic rings. The Kier molecular flexibility index (Phi) is 4.57. The van der Waals surface area contributed by atoms with Crippen molar-refractivity contribution in [3.8, 4) is 11.4 Å². The summed E-state index contributed by atoms with van der Waals surface area (Å²) in [5, 5.41) is 3.15. The van der Waals surface area contributed by atoms with Crippen LogP contribution in [0.4, 0.5) is 17.6 Å². The Hall–Kier alpha value is -2.37. The SMILES string of the molecule is CCNc1nc(-c2ccc(N(C)C)cc2)nc(N(C)C)n1. The van der Waals surface area contributed by atoms with Gasteiger partial charge in [-0.25, -0.2) is 0 Å². The van der Waals surface area contributed by atoms with E-state index in [1.165, 1.54) is 0 Å². The van der Waals surface area contributed by atoms with Crippen LogP contribution in [0.25, 0.3) is 11.4 Å². The molecule has 0 saturated heterocycles. The topological polar surface area (TPSA) is 57.2 Å². The predicted octanol–water partition coefficient (Wildman–Crippen LogP) is 2.10. The van der Waals surface area contributed by atoms with E-state index in [0.717, 1.165) is 17.8 Å². The molecule has 0 radical (unpaired) electrons. The van der Waals surface area contributed by atoms with Crippen molar-refractivity contribution in [2.75, 3.05) is 49.9 Å². The van der Waals surface area contributed by atoms with Gasteiger partial charge in [0.1, 0.15) is 0 Å². The Bertz CT molecular complexity index is 592. The first-order valence-corrected chi connectivity index (χ1v) is 6.96. The largest absolute Gasteiger partial charge is 0.378 e. The molecule has 0 aliphatic carbocycles. The summed E-state index contributed by atoms with van der Waals surface area (Å²) in [6, 6.07) is 8.17. The fourth-order valence-corrected chi connectivity index (χ4v) is 1.84. The van der Waals surface area contributed by atoms with Crippen molar-refractivity contribution in [2.24, 2.45) is 0 Å². The van der Waals surface area contributed by atoms with Gasteiger partial charge in [0.05, 0.1) is 0 Å². The van der Waals surface area contributed by atoms with Crippen molar-refractivity contribution in [2.45, 2.75) is 6.92 Å². The number of rotatable bonds is 5. The summed E-state index contributed by atoms with van der Waals surface area (Å²) < 4.78 is 0. The van der Waals surface area contributed by atoms with E-state index in [9.17, 15) is 0 Å². The van der Waals surface area contributed by atoms with Gasteiger partial charge in [0.25, 0.3) is 0 Å². The van der Waals surface area contributed by atoms with E-state index in [0.29, 0.717) is 17.7 Å². The highest BCUT2D eigenvalue weighted by atomic mass is 15.3. The second kappa shape index (κ2) is 6.39. The average molecular weight is 286 g/mol. The van der Waals surface area contributed by atoms with Crippen molar-refractivity contribution in [3.05, 3.63) is 24.3 Å². The van der Waals surface area contributed by atoms with E-state index >= 15 is 0 Å². The molecule has 6 nitrogen and oxygen atoms in total. The highest BCUT2D eigenvalue weighted by Crippen LogP contribution is 2.21. The van der Waals surface area contributed by atoms with Crippen LogP contribution >= 0.6 is 0 Å². The normalized spacial score (nSPS) is 10.3. The quantitative estimate of drug-likeness (QED) is 0.908. The van der Waals surface area contributed by atoms with E-state index in [2.05, 4.69) is 37.3 Å². The van der Waals surface area contributed by atoms with Gasteiger partial charge in [-0.3, -0.25) is 0 Å². The lowest BCUT2D eigenvalue weighted by atomic mass is 10.2. The van der Waals surface area contributed by atoms with Crippen LogP contribution in [0.5, 0.6) is 0 Å². The Balaban J connectivity index is 2.41. The Morgan fingerprint density at radius 3 is 2.10 bits per heavy atom. The smallest absolute Gasteiger partial charge is 0.230 e. The van der Waals surface area contributed by atoms with Gasteiger partial charge in [-0.1, -0.05) is 0 Å². The van der Waals surface area contributed by atoms with Crippen LogP contribution in [0.15, 0.2) is 24.3 Å². The molecule has 0 aliphatic heterocycles. The van der Waals surface area contributed by atoms with E-state index in [-0.39, 0.29) is 0 Å². The van der Waals surface area contributed by atoms with Crippen LogP contribution in [0.3, 0.4) is 0 Å². The first-order chi connectivity index (χ1) is 10.0. The molecular formula is C15H22N6. The minimum atomic E-state index is 0.600. The summed E-state index contributed by atoms with van der Waals surface area (Å²) in [7, 11) is 7.88. The number of aromatic nitrogens is 3. The molecule has 112 valence electrons. The Morgan fingerprint density at radius 2 is 1.57 bits per heavy atom. The first-order valence-electron chi connectivity index (χ1n) is 6.96. The maximum absolute atomic E-state index is 4.51. The van der Waals surface area contributed by atoms with Gasteiger partial charge in [0.15, 0.2) is 5.82 Å². The van der Waals surface area contributed by atoms with Gasteiger partial charge in [-0.15, -0.1) is 0 Å². The van der Waals surface area contributed by atoms with Crippen LogP contribution in [0.2, 0.25) is 0 Å². The summed E-state index contributed by atoms with van der Waals surface area (Å²) in [5.41, 5.74) is 2.12. The maximum atomic E-state index is 4.51. The zero-order valence-corrected chi connectivity index (χ0v) is 13.3. The molecule has 6 heteroatoms. The van der Waals surface area contributed by atoms with Crippen LogP contribution in [-0.4, -0.2) is 49.7 Å². The lowest BCUT2D eigenvalue weighted by Gasteiger charge is -2.14. The lowest BCUT2D eigenvalue weighted by Crippen LogP contribution is -2.16. The molecule has 0 unspecified atom stereocenters. The second-order valence-corrected chi connectivity index (χ2v) is 5.15. The zero-order valence-electron chi connectivity index (χ0n) is 13.3. The predicted molar refractivity (Wildman–Crippen MR) is 88.1 cm³/mol. The molecule has 0 saturated carbocycles. The van der Waals surface area contributed by atoms with Crippen LogP contribution in [0.1, 0.15) is 6.92 Å². The molecule has 1 N–H and O–H groups in total. The van der Waals surface area contributed by atoms with E-state index in [1.54, 1.807) is 0 Å². The summed E-state index contributed by atoms with van der Waals surface area (Å²) in [4.78, 5) is 17.3. The van der Waals surface area contributed by atoms with Crippen LogP contribution in [-0.2, 0) is 0 Å². The number of nitrogens with one attached hydrogen (secondary N) is 1. The minimum absolute atomic E-state index is 0.600. The number of hydrogen-bond donors (Lipinski definition) is 1. The van der Waals surface area contributed by atoms with Gasteiger partial charge in [-0.05, 0) is 31.2 Å². The number of hydrogen-bond acceptors (Lipinski definition) is 6. The molecule has 0 spiro atoms. The zero-order chi connectivity index (χ0) is 15.4. The van der Waals surface area contributed by atoms with Crippen molar-refractivity contribution in [1.82, 2.24) is 15.0 Å². The number of nitrogens with zero attached hydrogens (tertiary/aromatic N) is 5. The second-order valence-electron chi connectivity index (χ2n) is 5.15. The monoisotopic (exact) mass is 286 g/mol. The van der Waals surface area contributed by atoms with E-state index < -0.39 is 0 Å². The van der Waals surface area contributed by atoms with Gasteiger partial charge in [0.2, 0.25) is 11.9 Å². The third kappa shape index (κ3) is 3.59. The van der Waals surface area contributed by atoms with E-state index in [1.807, 2.05) is 52.1 Å². The van der Waals surface area contributed by atoms with Gasteiger partial charge in [-0.2, -0.15) is 15.0 Å². The van der Waals surface area contributed by atoms with Gasteiger partial charge >= 0.3 is 0 Å². The standard InChI is InChI=1S/C15H22N6/c1-6-16-14-17-13(18-15(19-14)21(4)5)11-7-9-12(10-8-11)20(2)3/h7-10H,6H2,1-5H3,(H,16,17,18,19). The molecule has 1 aromatic carbocycles. The molecule has 0 aliphatic rings. The molecule has 0 fully saturated rings. The van der Waals surface area contributed by atoms with Crippen molar-refractivity contribution >= 4 is 17.6 Å². The molecule has 1 aromatic heterocycles. The Labute approximate surface area is 125 Å². The first kappa shape index (κ1) is 15.0.